The van der Waals surface area contributed by atoms with Crippen molar-refractivity contribution in [1.82, 2.24) is 0 Å². The van der Waals surface area contributed by atoms with Crippen molar-refractivity contribution in [3.05, 3.63) is 48.0 Å². The Morgan fingerprint density at radius 1 is 1.12 bits per heavy atom. The second-order valence-corrected chi connectivity index (χ2v) is 8.15. The van der Waals surface area contributed by atoms with Crippen LogP contribution in [0.2, 0.25) is 0 Å². The summed E-state index contributed by atoms with van der Waals surface area (Å²) in [7, 11) is -3.70. The molecule has 0 spiro atoms. The molecule has 0 fully saturated rings. The van der Waals surface area contributed by atoms with E-state index in [1.165, 1.54) is 49.1 Å². The first kappa shape index (κ1) is 18.1. The van der Waals surface area contributed by atoms with Gasteiger partial charge < -0.3 is 4.74 Å². The number of rotatable bonds is 3. The molecule has 1 aliphatic heterocycles. The second-order valence-electron chi connectivity index (χ2n) is 6.40. The van der Waals surface area contributed by atoms with Crippen molar-refractivity contribution in [2.24, 2.45) is 0 Å². The predicted molar refractivity (Wildman–Crippen MR) is 93.1 cm³/mol. The summed E-state index contributed by atoms with van der Waals surface area (Å²) in [6, 6.07) is 7.31. The molecular weight excluding hydrogens is 366 g/mol. The van der Waals surface area contributed by atoms with E-state index in [-0.39, 0.29) is 17.1 Å². The monoisotopic (exact) mass is 382 g/mol. The van der Waals surface area contributed by atoms with Gasteiger partial charge in [-0.1, -0.05) is 0 Å². The van der Waals surface area contributed by atoms with Crippen LogP contribution < -0.4 is 14.4 Å². The van der Waals surface area contributed by atoms with E-state index in [9.17, 15) is 22.0 Å². The summed E-state index contributed by atoms with van der Waals surface area (Å²) in [5, 5.41) is 0. The molecule has 0 unspecified atom stereocenters. The van der Waals surface area contributed by atoms with E-state index >= 15 is 0 Å². The number of carbonyl (C=O) groups is 1. The van der Waals surface area contributed by atoms with Crippen LogP contribution in [0.4, 0.5) is 25.8 Å². The first-order valence-electron chi connectivity index (χ1n) is 7.58. The molecule has 6 nitrogen and oxygen atoms in total. The number of nitrogens with zero attached hydrogens (tertiary/aromatic N) is 1. The first-order chi connectivity index (χ1) is 12.0. The second kappa shape index (κ2) is 5.94. The van der Waals surface area contributed by atoms with Gasteiger partial charge in [-0.3, -0.25) is 14.4 Å². The summed E-state index contributed by atoms with van der Waals surface area (Å²) in [5.74, 6) is -1.71. The van der Waals surface area contributed by atoms with Gasteiger partial charge >= 0.3 is 0 Å². The third kappa shape index (κ3) is 3.34. The Morgan fingerprint density at radius 3 is 2.31 bits per heavy atom. The standard InChI is InChI=1S/C17H16F2N2O4S/c1-17(2)16(22)21(11-6-4-10(18)5-7-11)14-8-12(19)13(9-15(14)25-17)20-26(3,23)24/h4-9,20H,1-3H3. The Kier molecular flexibility index (Phi) is 4.14. The fraction of sp³-hybridized carbons (Fsp3) is 0.235. The van der Waals surface area contributed by atoms with Crippen molar-refractivity contribution < 1.29 is 26.7 Å². The smallest absolute Gasteiger partial charge is 0.275 e. The maximum Gasteiger partial charge on any atom is 0.275 e. The van der Waals surface area contributed by atoms with Crippen LogP contribution >= 0.6 is 0 Å². The number of fused-ring (bicyclic) bond motifs is 1. The van der Waals surface area contributed by atoms with Crippen LogP contribution in [0.15, 0.2) is 36.4 Å². The lowest BCUT2D eigenvalue weighted by molar-refractivity contribution is -0.131. The first-order valence-corrected chi connectivity index (χ1v) is 9.47. The number of carbonyl (C=O) groups excluding carboxylic acids is 1. The molecule has 0 saturated carbocycles. The number of amides is 1. The van der Waals surface area contributed by atoms with E-state index in [0.29, 0.717) is 5.69 Å². The van der Waals surface area contributed by atoms with E-state index in [2.05, 4.69) is 4.72 Å². The highest BCUT2D eigenvalue weighted by molar-refractivity contribution is 7.92. The van der Waals surface area contributed by atoms with Crippen molar-refractivity contribution >= 4 is 33.0 Å². The van der Waals surface area contributed by atoms with Crippen LogP contribution in [0.25, 0.3) is 0 Å². The minimum absolute atomic E-state index is 0.0949. The van der Waals surface area contributed by atoms with Crippen molar-refractivity contribution in [3.63, 3.8) is 0 Å². The van der Waals surface area contributed by atoms with Crippen molar-refractivity contribution in [2.75, 3.05) is 15.9 Å². The molecule has 2 aromatic rings. The van der Waals surface area contributed by atoms with Crippen LogP contribution in [0, 0.1) is 11.6 Å². The summed E-state index contributed by atoms with van der Waals surface area (Å²) >= 11 is 0. The lowest BCUT2D eigenvalue weighted by Gasteiger charge is -2.39. The zero-order valence-corrected chi connectivity index (χ0v) is 15.0. The third-order valence-electron chi connectivity index (χ3n) is 3.75. The fourth-order valence-electron chi connectivity index (χ4n) is 2.62. The van der Waals surface area contributed by atoms with Gasteiger partial charge in [-0.2, -0.15) is 0 Å². The highest BCUT2D eigenvalue weighted by Crippen LogP contribution is 2.44. The number of hydrogen-bond donors (Lipinski definition) is 1. The average Bonchev–Trinajstić information content (AvgIpc) is 2.50. The van der Waals surface area contributed by atoms with E-state index < -0.39 is 33.2 Å². The van der Waals surface area contributed by atoms with Gasteiger partial charge in [-0.05, 0) is 38.1 Å². The Bertz CT molecular complexity index is 989. The third-order valence-corrected chi connectivity index (χ3v) is 4.34. The molecule has 0 aromatic heterocycles. The number of ether oxygens (including phenoxy) is 1. The summed E-state index contributed by atoms with van der Waals surface area (Å²) in [4.78, 5) is 14.0. The molecule has 0 bridgehead atoms. The normalized spacial score (nSPS) is 16.0. The van der Waals surface area contributed by atoms with Gasteiger partial charge in [0.1, 0.15) is 17.4 Å². The van der Waals surface area contributed by atoms with Crippen molar-refractivity contribution in [2.45, 2.75) is 19.4 Å². The molecule has 2 aromatic carbocycles. The molecule has 1 aliphatic rings. The van der Waals surface area contributed by atoms with Gasteiger partial charge in [-0.15, -0.1) is 0 Å². The Morgan fingerprint density at radius 2 is 1.73 bits per heavy atom. The molecule has 1 heterocycles. The highest BCUT2D eigenvalue weighted by Gasteiger charge is 2.42. The maximum atomic E-state index is 14.4. The topological polar surface area (TPSA) is 75.7 Å². The number of benzene rings is 2. The summed E-state index contributed by atoms with van der Waals surface area (Å²) in [5.41, 5.74) is -1.16. The number of nitrogens with one attached hydrogen (secondary N) is 1. The van der Waals surface area contributed by atoms with Gasteiger partial charge in [0, 0.05) is 17.8 Å². The zero-order chi connectivity index (χ0) is 19.3. The Labute approximate surface area is 149 Å². The summed E-state index contributed by atoms with van der Waals surface area (Å²) in [6.45, 7) is 3.06. The number of sulfonamides is 1. The van der Waals surface area contributed by atoms with Gasteiger partial charge in [0.2, 0.25) is 10.0 Å². The summed E-state index contributed by atoms with van der Waals surface area (Å²) in [6.07, 6.45) is 0.894. The molecule has 0 atom stereocenters. The van der Waals surface area contributed by atoms with Gasteiger partial charge in [0.05, 0.1) is 17.6 Å². The van der Waals surface area contributed by atoms with Gasteiger partial charge in [0.25, 0.3) is 5.91 Å². The Hall–Kier alpha value is -2.68. The Balaban J connectivity index is 2.18. The van der Waals surface area contributed by atoms with Crippen LogP contribution in [0.1, 0.15) is 13.8 Å². The number of halogens is 2. The van der Waals surface area contributed by atoms with Crippen LogP contribution in [0.5, 0.6) is 5.75 Å². The van der Waals surface area contributed by atoms with Crippen LogP contribution in [-0.4, -0.2) is 26.2 Å². The van der Waals surface area contributed by atoms with Crippen molar-refractivity contribution in [3.8, 4) is 5.75 Å². The highest BCUT2D eigenvalue weighted by atomic mass is 32.2. The molecule has 1 amide bonds. The quantitative estimate of drug-likeness (QED) is 0.885. The molecule has 3 rings (SSSR count). The maximum absolute atomic E-state index is 14.4. The molecular formula is C17H16F2N2O4S. The molecule has 0 saturated heterocycles. The lowest BCUT2D eigenvalue weighted by atomic mass is 10.0. The van der Waals surface area contributed by atoms with Crippen LogP contribution in [-0.2, 0) is 14.8 Å². The van der Waals surface area contributed by atoms with Crippen molar-refractivity contribution in [1.29, 1.82) is 0 Å². The van der Waals surface area contributed by atoms with Crippen LogP contribution in [0.3, 0.4) is 0 Å². The molecule has 26 heavy (non-hydrogen) atoms. The molecule has 9 heteroatoms. The number of anilines is 3. The lowest BCUT2D eigenvalue weighted by Crippen LogP contribution is -2.50. The van der Waals surface area contributed by atoms with E-state index in [0.717, 1.165) is 12.3 Å². The van der Waals surface area contributed by atoms with E-state index in [1.807, 2.05) is 0 Å². The largest absolute Gasteiger partial charge is 0.476 e. The molecule has 1 N–H and O–H groups in total. The fourth-order valence-corrected chi connectivity index (χ4v) is 3.18. The molecule has 0 radical (unpaired) electrons. The summed E-state index contributed by atoms with van der Waals surface area (Å²) < 4.78 is 58.1. The van der Waals surface area contributed by atoms with E-state index in [4.69, 9.17) is 4.74 Å². The zero-order valence-electron chi connectivity index (χ0n) is 14.2. The minimum atomic E-state index is -3.70. The van der Waals surface area contributed by atoms with Gasteiger partial charge in [0.15, 0.2) is 5.60 Å². The SMILES string of the molecule is CC1(C)Oc2cc(NS(C)(=O)=O)c(F)cc2N(c2ccc(F)cc2)C1=O. The average molecular weight is 382 g/mol. The van der Waals surface area contributed by atoms with Gasteiger partial charge in [-0.25, -0.2) is 17.2 Å². The number of hydrogen-bond acceptors (Lipinski definition) is 4. The molecule has 0 aliphatic carbocycles. The molecule has 138 valence electrons. The predicted octanol–water partition coefficient (Wildman–Crippen LogP) is 3.17. The van der Waals surface area contributed by atoms with E-state index in [1.54, 1.807) is 0 Å². The minimum Gasteiger partial charge on any atom is -0.476 e.